The second kappa shape index (κ2) is 7.83. The Morgan fingerprint density at radius 1 is 1.10 bits per heavy atom. The van der Waals surface area contributed by atoms with E-state index in [0.29, 0.717) is 22.6 Å². The second-order valence-electron chi connectivity index (χ2n) is 7.65. The van der Waals surface area contributed by atoms with Gasteiger partial charge in [0.1, 0.15) is 17.3 Å². The number of furan rings is 1. The van der Waals surface area contributed by atoms with Crippen LogP contribution in [0.5, 0.6) is 0 Å². The molecule has 2 amide bonds. The van der Waals surface area contributed by atoms with Crippen molar-refractivity contribution in [1.29, 1.82) is 0 Å². The fourth-order valence-corrected chi connectivity index (χ4v) is 4.03. The molecule has 0 atom stereocenters. The molecule has 3 heterocycles. The Balaban J connectivity index is 1.71. The molecule has 4 rings (SSSR count). The Hall–Kier alpha value is -2.93. The molecule has 1 fully saturated rings. The normalized spacial score (nSPS) is 18.8. The van der Waals surface area contributed by atoms with Crippen LogP contribution >= 0.6 is 0 Å². The first kappa shape index (κ1) is 19.4. The monoisotopic (exact) mass is 397 g/mol. The average molecular weight is 397 g/mol. The molecule has 29 heavy (non-hydrogen) atoms. The quantitative estimate of drug-likeness (QED) is 0.726. The number of amides is 2. The van der Waals surface area contributed by atoms with Crippen molar-refractivity contribution in [3.63, 3.8) is 0 Å². The van der Waals surface area contributed by atoms with Gasteiger partial charge in [-0.05, 0) is 62.8 Å². The van der Waals surface area contributed by atoms with Crippen molar-refractivity contribution in [3.8, 4) is 0 Å². The summed E-state index contributed by atoms with van der Waals surface area (Å²) in [6.07, 6.45) is 3.33. The van der Waals surface area contributed by atoms with Gasteiger partial charge in [0.2, 0.25) is 0 Å². The van der Waals surface area contributed by atoms with Gasteiger partial charge < -0.3 is 14.2 Å². The van der Waals surface area contributed by atoms with Crippen LogP contribution in [0.2, 0.25) is 0 Å². The van der Waals surface area contributed by atoms with Crippen molar-refractivity contribution >= 4 is 17.4 Å². The summed E-state index contributed by atoms with van der Waals surface area (Å²) in [6, 6.07) is 9.34. The number of imide groups is 1. The Bertz CT molecular complexity index is 929. The lowest BCUT2D eigenvalue weighted by molar-refractivity contribution is -0.138. The molecule has 0 N–H and O–H groups in total. The van der Waals surface area contributed by atoms with E-state index in [2.05, 4.69) is 11.9 Å². The highest BCUT2D eigenvalue weighted by molar-refractivity contribution is 6.35. The van der Waals surface area contributed by atoms with Gasteiger partial charge in [0.15, 0.2) is 0 Å². The molecule has 0 bridgehead atoms. The number of halogens is 1. The predicted molar refractivity (Wildman–Crippen MR) is 106 cm³/mol. The minimum Gasteiger partial charge on any atom is -0.467 e. The molecule has 0 spiro atoms. The molecular formula is C22H24FN3O3. The summed E-state index contributed by atoms with van der Waals surface area (Å²) < 4.78 is 18.8. The number of carbonyl (C=O) groups is 2. The van der Waals surface area contributed by atoms with Crippen LogP contribution in [-0.2, 0) is 16.1 Å². The van der Waals surface area contributed by atoms with Crippen molar-refractivity contribution in [2.75, 3.05) is 27.2 Å². The number of rotatable bonds is 5. The first-order chi connectivity index (χ1) is 14.0. The molecule has 2 aromatic rings. The predicted octanol–water partition coefficient (Wildman–Crippen LogP) is 2.72. The Kier molecular flexibility index (Phi) is 5.24. The van der Waals surface area contributed by atoms with Gasteiger partial charge in [0.25, 0.3) is 11.8 Å². The zero-order chi connectivity index (χ0) is 20.5. The summed E-state index contributed by atoms with van der Waals surface area (Å²) in [7, 11) is 3.95. The van der Waals surface area contributed by atoms with Crippen LogP contribution in [0.1, 0.15) is 24.2 Å². The highest BCUT2D eigenvalue weighted by Crippen LogP contribution is 2.34. The SMILES string of the molecule is CN1CCC(N(C)C2=C(c3ccc(F)cc3)C(=O)N(Cc3ccco3)C2=O)CC1. The summed E-state index contributed by atoms with van der Waals surface area (Å²) in [4.78, 5) is 32.0. The maximum atomic E-state index is 13.5. The van der Waals surface area contributed by atoms with Gasteiger partial charge >= 0.3 is 0 Å². The van der Waals surface area contributed by atoms with Crippen LogP contribution in [-0.4, -0.2) is 59.7 Å². The molecule has 152 valence electrons. The fraction of sp³-hybridized carbons (Fsp3) is 0.364. The van der Waals surface area contributed by atoms with E-state index in [9.17, 15) is 14.0 Å². The van der Waals surface area contributed by atoms with Crippen LogP contribution in [0.4, 0.5) is 4.39 Å². The topological polar surface area (TPSA) is 57.0 Å². The molecule has 1 saturated heterocycles. The van der Waals surface area contributed by atoms with Crippen LogP contribution < -0.4 is 0 Å². The highest BCUT2D eigenvalue weighted by atomic mass is 19.1. The van der Waals surface area contributed by atoms with E-state index in [-0.39, 0.29) is 30.2 Å². The fourth-order valence-electron chi connectivity index (χ4n) is 4.03. The van der Waals surface area contributed by atoms with E-state index in [0.717, 1.165) is 25.9 Å². The molecule has 0 radical (unpaired) electrons. The third kappa shape index (κ3) is 3.70. The largest absolute Gasteiger partial charge is 0.467 e. The molecule has 0 unspecified atom stereocenters. The van der Waals surface area contributed by atoms with E-state index < -0.39 is 0 Å². The van der Waals surface area contributed by atoms with Gasteiger partial charge in [0, 0.05) is 13.1 Å². The van der Waals surface area contributed by atoms with Crippen LogP contribution in [0.15, 0.2) is 52.8 Å². The standard InChI is InChI=1S/C22H24FN3O3/c1-24-11-9-17(10-12-24)25(2)20-19(15-5-7-16(23)8-6-15)21(27)26(22(20)28)14-18-4-3-13-29-18/h3-8,13,17H,9-12,14H2,1-2H3. The minimum absolute atomic E-state index is 0.0695. The zero-order valence-electron chi connectivity index (χ0n) is 16.6. The number of piperidine rings is 1. The zero-order valence-corrected chi connectivity index (χ0v) is 16.6. The number of likely N-dealkylation sites (tertiary alicyclic amines) is 1. The summed E-state index contributed by atoms with van der Waals surface area (Å²) in [6.45, 7) is 1.94. The van der Waals surface area contributed by atoms with Crippen molar-refractivity contribution in [3.05, 3.63) is 65.5 Å². The number of carbonyl (C=O) groups excluding carboxylic acids is 2. The third-order valence-electron chi connectivity index (χ3n) is 5.76. The molecule has 1 aromatic carbocycles. The van der Waals surface area contributed by atoms with E-state index in [1.54, 1.807) is 24.3 Å². The molecule has 1 aromatic heterocycles. The number of hydrogen-bond donors (Lipinski definition) is 0. The van der Waals surface area contributed by atoms with E-state index in [1.807, 2.05) is 11.9 Å². The average Bonchev–Trinajstić information content (AvgIpc) is 3.31. The summed E-state index contributed by atoms with van der Waals surface area (Å²) in [5.41, 5.74) is 1.24. The van der Waals surface area contributed by atoms with Gasteiger partial charge in [0.05, 0.1) is 18.4 Å². The Morgan fingerprint density at radius 3 is 2.41 bits per heavy atom. The van der Waals surface area contributed by atoms with Crippen molar-refractivity contribution in [2.24, 2.45) is 0 Å². The minimum atomic E-state index is -0.385. The lowest BCUT2D eigenvalue weighted by Gasteiger charge is -2.36. The van der Waals surface area contributed by atoms with Crippen LogP contribution in [0, 0.1) is 5.82 Å². The maximum Gasteiger partial charge on any atom is 0.278 e. The van der Waals surface area contributed by atoms with Crippen LogP contribution in [0.25, 0.3) is 5.57 Å². The van der Waals surface area contributed by atoms with E-state index in [1.165, 1.54) is 23.3 Å². The van der Waals surface area contributed by atoms with Crippen molar-refractivity contribution in [2.45, 2.75) is 25.4 Å². The Labute approximate surface area is 169 Å². The second-order valence-corrected chi connectivity index (χ2v) is 7.65. The van der Waals surface area contributed by atoms with Crippen molar-refractivity contribution < 1.29 is 18.4 Å². The first-order valence-corrected chi connectivity index (χ1v) is 9.76. The number of benzene rings is 1. The Morgan fingerprint density at radius 2 is 1.79 bits per heavy atom. The number of hydrogen-bond acceptors (Lipinski definition) is 5. The van der Waals surface area contributed by atoms with Gasteiger partial charge in [-0.3, -0.25) is 14.5 Å². The summed E-state index contributed by atoms with van der Waals surface area (Å²) in [5, 5.41) is 0. The van der Waals surface area contributed by atoms with Crippen LogP contribution in [0.3, 0.4) is 0 Å². The highest BCUT2D eigenvalue weighted by Gasteiger charge is 2.42. The lowest BCUT2D eigenvalue weighted by Crippen LogP contribution is -2.43. The van der Waals surface area contributed by atoms with E-state index >= 15 is 0 Å². The van der Waals surface area contributed by atoms with Gasteiger partial charge in [-0.1, -0.05) is 12.1 Å². The molecule has 0 saturated carbocycles. The molecule has 6 nitrogen and oxygen atoms in total. The first-order valence-electron chi connectivity index (χ1n) is 9.76. The molecular weight excluding hydrogens is 373 g/mol. The smallest absolute Gasteiger partial charge is 0.278 e. The van der Waals surface area contributed by atoms with Gasteiger partial charge in [-0.15, -0.1) is 0 Å². The lowest BCUT2D eigenvalue weighted by atomic mass is 10.00. The molecule has 2 aliphatic rings. The summed E-state index contributed by atoms with van der Waals surface area (Å²) in [5.74, 6) is -0.572. The molecule has 7 heteroatoms. The number of nitrogens with zero attached hydrogens (tertiary/aromatic N) is 3. The van der Waals surface area contributed by atoms with E-state index in [4.69, 9.17) is 4.42 Å². The van der Waals surface area contributed by atoms with Gasteiger partial charge in [-0.2, -0.15) is 0 Å². The molecule has 2 aliphatic heterocycles. The number of likely N-dealkylation sites (N-methyl/N-ethyl adjacent to an activating group) is 1. The third-order valence-corrected chi connectivity index (χ3v) is 5.76. The van der Waals surface area contributed by atoms with Crippen molar-refractivity contribution in [1.82, 2.24) is 14.7 Å². The summed E-state index contributed by atoms with van der Waals surface area (Å²) >= 11 is 0. The molecule has 0 aliphatic carbocycles. The maximum absolute atomic E-state index is 13.5. The van der Waals surface area contributed by atoms with Gasteiger partial charge in [-0.25, -0.2) is 4.39 Å².